The molecule has 0 N–H and O–H groups in total. The summed E-state index contributed by atoms with van der Waals surface area (Å²) < 4.78 is 6.64. The van der Waals surface area contributed by atoms with Crippen LogP contribution in [0, 0.1) is 20.8 Å². The van der Waals surface area contributed by atoms with Gasteiger partial charge < -0.3 is 4.42 Å². The maximum absolute atomic E-state index is 13.2. The lowest BCUT2D eigenvalue weighted by Gasteiger charge is -2.18. The minimum Gasteiger partial charge on any atom is -0.467 e. The fourth-order valence-corrected chi connectivity index (χ4v) is 4.94. The van der Waals surface area contributed by atoms with E-state index < -0.39 is 0 Å². The van der Waals surface area contributed by atoms with Crippen LogP contribution in [0.4, 0.5) is 5.13 Å². The first-order chi connectivity index (χ1) is 14.0. The van der Waals surface area contributed by atoms with Gasteiger partial charge >= 0.3 is 0 Å². The molecule has 0 fully saturated rings. The van der Waals surface area contributed by atoms with Crippen LogP contribution in [0.3, 0.4) is 0 Å². The average Bonchev–Trinajstić information content (AvgIpc) is 3.39. The second kappa shape index (κ2) is 8.43. The molecule has 2 aromatic heterocycles. The molecular formula is C23H22N2O2S2. The topological polar surface area (TPSA) is 46.3 Å². The highest BCUT2D eigenvalue weighted by atomic mass is 32.2. The molecule has 2 aromatic carbocycles. The van der Waals surface area contributed by atoms with Gasteiger partial charge in [-0.2, -0.15) is 0 Å². The predicted octanol–water partition coefficient (Wildman–Crippen LogP) is 6.14. The fourth-order valence-electron chi connectivity index (χ4n) is 3.04. The number of hydrogen-bond acceptors (Lipinski definition) is 5. The molecule has 0 aliphatic rings. The highest BCUT2D eigenvalue weighted by molar-refractivity contribution is 8.00. The third kappa shape index (κ3) is 4.38. The summed E-state index contributed by atoms with van der Waals surface area (Å²) in [6.07, 6.45) is 1.63. The molecular weight excluding hydrogens is 400 g/mol. The van der Waals surface area contributed by atoms with Gasteiger partial charge in [0.1, 0.15) is 5.76 Å². The Kier molecular flexibility index (Phi) is 5.74. The summed E-state index contributed by atoms with van der Waals surface area (Å²) in [5, 5.41) is 0.711. The first-order valence-corrected chi connectivity index (χ1v) is 11.2. The number of thioether (sulfide) groups is 1. The largest absolute Gasteiger partial charge is 0.467 e. The van der Waals surface area contributed by atoms with Crippen molar-refractivity contribution in [3.8, 4) is 0 Å². The summed E-state index contributed by atoms with van der Waals surface area (Å²) in [6.45, 7) is 6.56. The van der Waals surface area contributed by atoms with E-state index in [1.807, 2.05) is 12.1 Å². The molecule has 0 saturated carbocycles. The van der Waals surface area contributed by atoms with E-state index in [2.05, 4.69) is 57.2 Å². The Bertz CT molecular complexity index is 1090. The van der Waals surface area contributed by atoms with Crippen molar-refractivity contribution in [2.45, 2.75) is 32.2 Å². The molecule has 2 heterocycles. The summed E-state index contributed by atoms with van der Waals surface area (Å²) in [7, 11) is 0. The van der Waals surface area contributed by atoms with E-state index in [9.17, 15) is 4.79 Å². The molecule has 0 radical (unpaired) electrons. The van der Waals surface area contributed by atoms with Gasteiger partial charge in [-0.25, -0.2) is 4.98 Å². The van der Waals surface area contributed by atoms with Crippen molar-refractivity contribution < 1.29 is 9.21 Å². The molecule has 148 valence electrons. The summed E-state index contributed by atoms with van der Waals surface area (Å²) in [4.78, 5) is 20.8. The van der Waals surface area contributed by atoms with E-state index in [0.29, 0.717) is 17.4 Å². The molecule has 0 aliphatic carbocycles. The van der Waals surface area contributed by atoms with E-state index >= 15 is 0 Å². The van der Waals surface area contributed by atoms with E-state index in [-0.39, 0.29) is 5.91 Å². The van der Waals surface area contributed by atoms with E-state index in [4.69, 9.17) is 9.40 Å². The standard InChI is InChI=1S/C23H22N2O2S2/c1-15-6-10-19(11-7-15)28-14-20(26)25(13-18-5-4-12-27-18)23-24-21-16(2)8-9-17(3)22(21)29-23/h4-12H,13-14H2,1-3H3. The number of furan rings is 1. The van der Waals surface area contributed by atoms with Gasteiger partial charge in [0.15, 0.2) is 5.13 Å². The van der Waals surface area contributed by atoms with Crippen molar-refractivity contribution in [1.29, 1.82) is 0 Å². The number of anilines is 1. The van der Waals surface area contributed by atoms with Gasteiger partial charge in [-0.05, 0) is 56.2 Å². The van der Waals surface area contributed by atoms with Crippen molar-refractivity contribution in [3.63, 3.8) is 0 Å². The quantitative estimate of drug-likeness (QED) is 0.350. The van der Waals surface area contributed by atoms with Crippen LogP contribution in [-0.4, -0.2) is 16.6 Å². The number of carbonyl (C=O) groups is 1. The molecule has 6 heteroatoms. The monoisotopic (exact) mass is 422 g/mol. The number of thiazole rings is 1. The molecule has 0 unspecified atom stereocenters. The van der Waals surface area contributed by atoms with E-state index in [0.717, 1.165) is 26.4 Å². The lowest BCUT2D eigenvalue weighted by Crippen LogP contribution is -2.31. The van der Waals surface area contributed by atoms with Gasteiger partial charge in [0, 0.05) is 4.90 Å². The van der Waals surface area contributed by atoms with Gasteiger partial charge in [0.05, 0.1) is 28.8 Å². The number of fused-ring (bicyclic) bond motifs is 1. The first-order valence-electron chi connectivity index (χ1n) is 9.40. The molecule has 4 aromatic rings. The van der Waals surface area contributed by atoms with Crippen molar-refractivity contribution >= 4 is 44.4 Å². The molecule has 4 nitrogen and oxygen atoms in total. The van der Waals surface area contributed by atoms with Gasteiger partial charge in [0.2, 0.25) is 5.91 Å². The molecule has 4 rings (SSSR count). The number of nitrogens with zero attached hydrogens (tertiary/aromatic N) is 2. The van der Waals surface area contributed by atoms with Gasteiger partial charge in [0.25, 0.3) is 0 Å². The maximum atomic E-state index is 13.2. The molecule has 0 spiro atoms. The van der Waals surface area contributed by atoms with Crippen molar-refractivity contribution in [3.05, 3.63) is 77.2 Å². The number of aromatic nitrogens is 1. The maximum Gasteiger partial charge on any atom is 0.239 e. The van der Waals surface area contributed by atoms with Crippen LogP contribution >= 0.6 is 23.1 Å². The zero-order valence-electron chi connectivity index (χ0n) is 16.6. The normalized spacial score (nSPS) is 11.1. The number of benzene rings is 2. The third-order valence-corrected chi connectivity index (χ3v) is 6.95. The second-order valence-corrected chi connectivity index (χ2v) is 9.06. The number of hydrogen-bond donors (Lipinski definition) is 0. The number of rotatable bonds is 6. The van der Waals surface area contributed by atoms with Crippen molar-refractivity contribution in [2.24, 2.45) is 0 Å². The highest BCUT2D eigenvalue weighted by Gasteiger charge is 2.22. The molecule has 0 aliphatic heterocycles. The summed E-state index contributed by atoms with van der Waals surface area (Å²) in [5.74, 6) is 1.10. The average molecular weight is 423 g/mol. The Labute approximate surface area is 178 Å². The van der Waals surface area contributed by atoms with Gasteiger partial charge in [-0.1, -0.05) is 41.2 Å². The lowest BCUT2D eigenvalue weighted by atomic mass is 10.1. The first kappa shape index (κ1) is 19.7. The molecule has 0 saturated heterocycles. The van der Waals surface area contributed by atoms with Crippen LogP contribution in [0.1, 0.15) is 22.5 Å². The molecule has 29 heavy (non-hydrogen) atoms. The zero-order valence-corrected chi connectivity index (χ0v) is 18.3. The second-order valence-electron chi connectivity index (χ2n) is 7.03. The Morgan fingerprint density at radius 2 is 1.83 bits per heavy atom. The highest BCUT2D eigenvalue weighted by Crippen LogP contribution is 2.34. The minimum atomic E-state index is 0.0151. The minimum absolute atomic E-state index is 0.0151. The van der Waals surface area contributed by atoms with Crippen LogP contribution in [-0.2, 0) is 11.3 Å². The van der Waals surface area contributed by atoms with Crippen LogP contribution in [0.2, 0.25) is 0 Å². The summed E-state index contributed by atoms with van der Waals surface area (Å²) in [6, 6.07) is 16.1. The lowest BCUT2D eigenvalue weighted by molar-refractivity contribution is -0.116. The van der Waals surface area contributed by atoms with Crippen molar-refractivity contribution in [1.82, 2.24) is 4.98 Å². The summed E-state index contributed by atoms with van der Waals surface area (Å²) >= 11 is 3.10. The Morgan fingerprint density at radius 1 is 1.07 bits per heavy atom. The molecule has 1 amide bonds. The molecule has 0 bridgehead atoms. The van der Waals surface area contributed by atoms with Gasteiger partial charge in [-0.3, -0.25) is 9.69 Å². The van der Waals surface area contributed by atoms with Crippen LogP contribution in [0.15, 0.2) is 64.1 Å². The Morgan fingerprint density at radius 3 is 2.52 bits per heavy atom. The summed E-state index contributed by atoms with van der Waals surface area (Å²) in [5.41, 5.74) is 4.47. The fraction of sp³-hybridized carbons (Fsp3) is 0.217. The number of aryl methyl sites for hydroxylation is 3. The van der Waals surface area contributed by atoms with E-state index in [1.54, 1.807) is 34.3 Å². The predicted molar refractivity (Wildman–Crippen MR) is 121 cm³/mol. The number of amides is 1. The van der Waals surface area contributed by atoms with Crippen LogP contribution < -0.4 is 4.90 Å². The Hall–Kier alpha value is -2.57. The number of carbonyl (C=O) groups excluding carboxylic acids is 1. The Balaban J connectivity index is 1.62. The van der Waals surface area contributed by atoms with Crippen LogP contribution in [0.5, 0.6) is 0 Å². The third-order valence-electron chi connectivity index (χ3n) is 4.74. The van der Waals surface area contributed by atoms with E-state index in [1.165, 1.54) is 11.1 Å². The zero-order chi connectivity index (χ0) is 20.4. The SMILES string of the molecule is Cc1ccc(SCC(=O)N(Cc2ccco2)c2nc3c(C)ccc(C)c3s2)cc1. The smallest absolute Gasteiger partial charge is 0.239 e. The van der Waals surface area contributed by atoms with Crippen LogP contribution in [0.25, 0.3) is 10.2 Å². The molecule has 0 atom stereocenters. The van der Waals surface area contributed by atoms with Crippen molar-refractivity contribution in [2.75, 3.05) is 10.7 Å². The van der Waals surface area contributed by atoms with Gasteiger partial charge in [-0.15, -0.1) is 11.8 Å².